The third-order valence-corrected chi connectivity index (χ3v) is 5.45. The number of phenolic OH excluding ortho intramolecular Hbond substituents is 2. The van der Waals surface area contributed by atoms with Crippen LogP contribution in [0.2, 0.25) is 0 Å². The summed E-state index contributed by atoms with van der Waals surface area (Å²) in [5.74, 6) is -0.828. The molecule has 1 aliphatic heterocycles. The quantitative estimate of drug-likeness (QED) is 0.456. The van der Waals surface area contributed by atoms with Gasteiger partial charge >= 0.3 is 5.97 Å². The minimum absolute atomic E-state index is 0.0134. The van der Waals surface area contributed by atoms with Crippen molar-refractivity contribution in [2.24, 2.45) is 0 Å². The van der Waals surface area contributed by atoms with E-state index in [1.165, 1.54) is 5.56 Å². The maximum atomic E-state index is 12.1. The second-order valence-corrected chi connectivity index (χ2v) is 7.57. The van der Waals surface area contributed by atoms with E-state index in [1.807, 2.05) is 43.3 Å². The molecule has 0 bridgehead atoms. The molecule has 6 nitrogen and oxygen atoms in total. The van der Waals surface area contributed by atoms with Gasteiger partial charge in [0.05, 0.1) is 0 Å². The number of cyclic esters (lactones) is 1. The Hall–Kier alpha value is -3.28. The molecular weight excluding hydrogens is 382 g/mol. The third kappa shape index (κ3) is 4.82. The average molecular weight is 409 g/mol. The largest absolute Gasteiger partial charge is 0.507 e. The highest BCUT2D eigenvalue weighted by Gasteiger charge is 2.31. The fourth-order valence-corrected chi connectivity index (χ4v) is 3.53. The summed E-state index contributed by atoms with van der Waals surface area (Å²) in [6.07, 6.45) is 3.86. The number of esters is 1. The summed E-state index contributed by atoms with van der Waals surface area (Å²) in [6.45, 7) is 4.27. The van der Waals surface area contributed by atoms with Gasteiger partial charge in [-0.15, -0.1) is 0 Å². The molecule has 0 fully saturated rings. The zero-order valence-corrected chi connectivity index (χ0v) is 17.3. The Morgan fingerprint density at radius 2 is 1.90 bits per heavy atom. The molecule has 0 radical (unpaired) electrons. The number of carbonyl (C=O) groups is 2. The van der Waals surface area contributed by atoms with E-state index in [0.29, 0.717) is 36.1 Å². The molecule has 0 spiro atoms. The number of nitrogens with one attached hydrogen (secondary N) is 1. The molecule has 3 N–H and O–H groups in total. The summed E-state index contributed by atoms with van der Waals surface area (Å²) < 4.78 is 4.98. The van der Waals surface area contributed by atoms with Gasteiger partial charge in [-0.3, -0.25) is 4.79 Å². The Labute approximate surface area is 176 Å². The fraction of sp³-hybridized carbons (Fsp3) is 0.333. The number of aromatic hydroxyl groups is 2. The number of carbonyl (C=O) groups excluding carboxylic acids is 2. The van der Waals surface area contributed by atoms with E-state index in [-0.39, 0.29) is 36.0 Å². The van der Waals surface area contributed by atoms with Crippen LogP contribution in [0.15, 0.2) is 42.0 Å². The lowest BCUT2D eigenvalue weighted by Gasteiger charge is -2.12. The lowest BCUT2D eigenvalue weighted by molar-refractivity contribution is -0.121. The number of phenols is 2. The molecule has 2 aromatic carbocycles. The summed E-state index contributed by atoms with van der Waals surface area (Å²) >= 11 is 0. The Morgan fingerprint density at radius 3 is 2.63 bits per heavy atom. The van der Waals surface area contributed by atoms with Gasteiger partial charge in [-0.1, -0.05) is 42.0 Å². The Bertz CT molecular complexity index is 979. The number of rotatable bonds is 8. The molecule has 6 heteroatoms. The molecule has 3 rings (SSSR count). The fourth-order valence-electron chi connectivity index (χ4n) is 3.53. The lowest BCUT2D eigenvalue weighted by Crippen LogP contribution is -2.25. The molecule has 0 unspecified atom stereocenters. The van der Waals surface area contributed by atoms with Crippen molar-refractivity contribution >= 4 is 11.9 Å². The topological polar surface area (TPSA) is 95.9 Å². The van der Waals surface area contributed by atoms with E-state index < -0.39 is 5.97 Å². The summed E-state index contributed by atoms with van der Waals surface area (Å²) in [5, 5.41) is 23.8. The zero-order chi connectivity index (χ0) is 21.7. The summed E-state index contributed by atoms with van der Waals surface area (Å²) in [4.78, 5) is 23.9. The Morgan fingerprint density at radius 1 is 1.17 bits per heavy atom. The van der Waals surface area contributed by atoms with Crippen LogP contribution in [-0.4, -0.2) is 28.6 Å². The Kier molecular flexibility index (Phi) is 6.77. The molecule has 1 amide bonds. The van der Waals surface area contributed by atoms with Gasteiger partial charge in [0.1, 0.15) is 23.7 Å². The predicted molar refractivity (Wildman–Crippen MR) is 113 cm³/mol. The van der Waals surface area contributed by atoms with E-state index in [9.17, 15) is 19.8 Å². The first-order valence-electron chi connectivity index (χ1n) is 10.1. The molecule has 0 saturated carbocycles. The molecule has 30 heavy (non-hydrogen) atoms. The van der Waals surface area contributed by atoms with Crippen molar-refractivity contribution in [3.05, 3.63) is 69.8 Å². The van der Waals surface area contributed by atoms with E-state index in [0.717, 1.165) is 12.0 Å². The van der Waals surface area contributed by atoms with Crippen molar-refractivity contribution < 1.29 is 24.5 Å². The molecule has 0 aromatic heterocycles. The van der Waals surface area contributed by atoms with E-state index >= 15 is 0 Å². The number of ether oxygens (including phenoxy) is 1. The number of allylic oxidation sites excluding steroid dienone is 2. The van der Waals surface area contributed by atoms with E-state index in [2.05, 4.69) is 5.32 Å². The number of amides is 1. The normalized spacial score (nSPS) is 13.1. The first-order chi connectivity index (χ1) is 14.4. The third-order valence-electron chi connectivity index (χ3n) is 5.45. The maximum absolute atomic E-state index is 12.1. The molecule has 158 valence electrons. The monoisotopic (exact) mass is 409 g/mol. The van der Waals surface area contributed by atoms with Gasteiger partial charge in [0.2, 0.25) is 5.91 Å². The highest BCUT2D eigenvalue weighted by molar-refractivity contribution is 5.98. The molecule has 2 aromatic rings. The van der Waals surface area contributed by atoms with E-state index in [4.69, 9.17) is 4.74 Å². The molecule has 1 heterocycles. The van der Waals surface area contributed by atoms with Crippen LogP contribution in [0.4, 0.5) is 0 Å². The van der Waals surface area contributed by atoms with Crippen LogP contribution in [0.25, 0.3) is 0 Å². The van der Waals surface area contributed by atoms with Crippen LogP contribution in [0.3, 0.4) is 0 Å². The predicted octanol–water partition coefficient (Wildman–Crippen LogP) is 3.70. The van der Waals surface area contributed by atoms with Crippen LogP contribution < -0.4 is 5.32 Å². The number of hydrogen-bond donors (Lipinski definition) is 3. The van der Waals surface area contributed by atoms with Crippen molar-refractivity contribution in [1.82, 2.24) is 5.32 Å². The van der Waals surface area contributed by atoms with Gasteiger partial charge in [0, 0.05) is 24.1 Å². The second-order valence-electron chi connectivity index (χ2n) is 7.57. The van der Waals surface area contributed by atoms with Crippen LogP contribution in [-0.2, 0) is 29.0 Å². The van der Waals surface area contributed by atoms with Gasteiger partial charge in [0.15, 0.2) is 0 Å². The summed E-state index contributed by atoms with van der Waals surface area (Å²) in [6, 6.07) is 9.99. The van der Waals surface area contributed by atoms with Gasteiger partial charge in [-0.2, -0.15) is 0 Å². The molecule has 0 atom stereocenters. The standard InChI is InChI=1S/C24H27NO5/c1-15(9-11-20(26)25-13-12-17-6-4-3-5-7-17)8-10-18-22(27)16(2)19-14-30-24(29)21(19)23(18)28/h3-8,27-28H,9-14H2,1-2H3,(H,25,26). The minimum atomic E-state index is -0.570. The highest BCUT2D eigenvalue weighted by atomic mass is 16.5. The van der Waals surface area contributed by atoms with Crippen LogP contribution in [0.5, 0.6) is 11.5 Å². The molecular formula is C24H27NO5. The van der Waals surface area contributed by atoms with Crippen LogP contribution in [0, 0.1) is 6.92 Å². The summed E-state index contributed by atoms with van der Waals surface area (Å²) in [5.41, 5.74) is 3.68. The van der Waals surface area contributed by atoms with Crippen LogP contribution >= 0.6 is 0 Å². The smallest absolute Gasteiger partial charge is 0.342 e. The SMILES string of the molecule is CC(=CCc1c(O)c(C)c2c(c1O)C(=O)OC2)CCC(=O)NCCc1ccccc1. The minimum Gasteiger partial charge on any atom is -0.507 e. The van der Waals surface area contributed by atoms with Crippen molar-refractivity contribution in [3.63, 3.8) is 0 Å². The highest BCUT2D eigenvalue weighted by Crippen LogP contribution is 2.41. The van der Waals surface area contributed by atoms with Crippen molar-refractivity contribution in [2.45, 2.75) is 46.1 Å². The average Bonchev–Trinajstić information content (AvgIpc) is 3.13. The first-order valence-corrected chi connectivity index (χ1v) is 10.1. The maximum Gasteiger partial charge on any atom is 0.342 e. The molecule has 1 aliphatic rings. The molecule has 0 aliphatic carbocycles. The summed E-state index contributed by atoms with van der Waals surface area (Å²) in [7, 11) is 0. The first kappa shape index (κ1) is 21.4. The van der Waals surface area contributed by atoms with Gasteiger partial charge < -0.3 is 20.3 Å². The van der Waals surface area contributed by atoms with Crippen molar-refractivity contribution in [1.29, 1.82) is 0 Å². The van der Waals surface area contributed by atoms with Crippen molar-refractivity contribution in [3.8, 4) is 11.5 Å². The van der Waals surface area contributed by atoms with Crippen LogP contribution in [0.1, 0.15) is 52.4 Å². The number of fused-ring (bicyclic) bond motifs is 1. The van der Waals surface area contributed by atoms with Gasteiger partial charge in [0.25, 0.3) is 0 Å². The number of benzene rings is 2. The lowest BCUT2D eigenvalue weighted by atomic mass is 9.95. The number of hydrogen-bond acceptors (Lipinski definition) is 5. The molecule has 0 saturated heterocycles. The van der Waals surface area contributed by atoms with Gasteiger partial charge in [-0.25, -0.2) is 4.79 Å². The zero-order valence-electron chi connectivity index (χ0n) is 17.3. The van der Waals surface area contributed by atoms with Gasteiger partial charge in [-0.05, 0) is 44.2 Å². The second kappa shape index (κ2) is 9.48. The Balaban J connectivity index is 1.53. The van der Waals surface area contributed by atoms with Crippen molar-refractivity contribution in [2.75, 3.05) is 6.54 Å². The van der Waals surface area contributed by atoms with E-state index in [1.54, 1.807) is 6.92 Å².